The van der Waals surface area contributed by atoms with Gasteiger partial charge in [0.2, 0.25) is 17.7 Å². The van der Waals surface area contributed by atoms with Crippen molar-refractivity contribution in [1.82, 2.24) is 15.5 Å². The molecular weight excluding hydrogens is 454 g/mol. The van der Waals surface area contributed by atoms with Crippen LogP contribution >= 0.6 is 0 Å². The van der Waals surface area contributed by atoms with Gasteiger partial charge in [-0.05, 0) is 37.3 Å². The van der Waals surface area contributed by atoms with Gasteiger partial charge in [-0.25, -0.2) is 0 Å². The van der Waals surface area contributed by atoms with E-state index in [0.29, 0.717) is 31.8 Å². The van der Waals surface area contributed by atoms with E-state index in [-0.39, 0.29) is 36.4 Å². The van der Waals surface area contributed by atoms with E-state index in [0.717, 1.165) is 12.8 Å². The molecule has 0 saturated carbocycles. The highest BCUT2D eigenvalue weighted by atomic mass is 16.7. The van der Waals surface area contributed by atoms with E-state index in [1.807, 2.05) is 13.8 Å². The molecule has 2 fully saturated rings. The average molecular weight is 492 g/mol. The van der Waals surface area contributed by atoms with Crippen molar-refractivity contribution >= 4 is 17.7 Å². The second-order valence-electron chi connectivity index (χ2n) is 10.0. The van der Waals surface area contributed by atoms with Crippen molar-refractivity contribution < 1.29 is 34.1 Å². The van der Waals surface area contributed by atoms with E-state index in [4.69, 9.17) is 9.47 Å². The minimum Gasteiger partial charge on any atom is -0.508 e. The molecule has 1 aromatic carbocycles. The number of aliphatic hydroxyl groups is 1. The normalized spacial score (nSPS) is 23.4. The fraction of sp³-hybridized carbons (Fsp3) is 0.640. The minimum atomic E-state index is -1.24. The number of hydrogen-bond donors (Lipinski definition) is 4. The van der Waals surface area contributed by atoms with Gasteiger partial charge >= 0.3 is 0 Å². The molecule has 0 aromatic heterocycles. The number of piperidine rings is 1. The van der Waals surface area contributed by atoms with Gasteiger partial charge in [0, 0.05) is 44.1 Å². The number of carbonyl (C=O) groups is 3. The first-order valence-corrected chi connectivity index (χ1v) is 12.1. The molecule has 10 nitrogen and oxygen atoms in total. The van der Waals surface area contributed by atoms with Gasteiger partial charge in [0.1, 0.15) is 18.0 Å². The maximum atomic E-state index is 12.9. The Morgan fingerprint density at radius 1 is 1.14 bits per heavy atom. The molecular formula is C25H37N3O7. The van der Waals surface area contributed by atoms with Crippen LogP contribution in [0.5, 0.6) is 5.75 Å². The Morgan fingerprint density at radius 3 is 2.43 bits per heavy atom. The van der Waals surface area contributed by atoms with Crippen molar-refractivity contribution in [3.63, 3.8) is 0 Å². The largest absolute Gasteiger partial charge is 0.508 e. The van der Waals surface area contributed by atoms with E-state index < -0.39 is 29.8 Å². The zero-order valence-electron chi connectivity index (χ0n) is 20.7. The quantitative estimate of drug-likeness (QED) is 0.427. The molecule has 2 aliphatic heterocycles. The summed E-state index contributed by atoms with van der Waals surface area (Å²) in [6.07, 6.45) is -1.05. The molecule has 0 radical (unpaired) electrons. The Morgan fingerprint density at radius 2 is 1.80 bits per heavy atom. The number of ether oxygens (including phenoxy) is 2. The predicted octanol–water partition coefficient (Wildman–Crippen LogP) is 1.07. The van der Waals surface area contributed by atoms with Gasteiger partial charge in [-0.15, -0.1) is 0 Å². The molecule has 1 aromatic rings. The molecule has 4 N–H and O–H groups in total. The Labute approximate surface area is 206 Å². The highest BCUT2D eigenvalue weighted by Crippen LogP contribution is 2.36. The summed E-state index contributed by atoms with van der Waals surface area (Å²) in [5.74, 6) is -0.346. The lowest BCUT2D eigenvalue weighted by Crippen LogP contribution is -2.52. The summed E-state index contributed by atoms with van der Waals surface area (Å²) < 4.78 is 11.7. The molecule has 2 heterocycles. The van der Waals surface area contributed by atoms with Crippen LogP contribution in [0.2, 0.25) is 0 Å². The summed E-state index contributed by atoms with van der Waals surface area (Å²) in [5, 5.41) is 25.2. The van der Waals surface area contributed by atoms with Gasteiger partial charge in [-0.3, -0.25) is 14.4 Å². The van der Waals surface area contributed by atoms with E-state index >= 15 is 0 Å². The number of phenolic OH excluding ortho intramolecular Hbond substituents is 1. The Hall–Kier alpha value is -2.69. The third-order valence-corrected chi connectivity index (χ3v) is 6.62. The van der Waals surface area contributed by atoms with Crippen molar-refractivity contribution in [2.24, 2.45) is 11.3 Å². The molecule has 0 spiro atoms. The number of rotatable bonds is 8. The first-order valence-electron chi connectivity index (χ1n) is 12.1. The van der Waals surface area contributed by atoms with Crippen molar-refractivity contribution in [2.45, 2.75) is 58.5 Å². The lowest BCUT2D eigenvalue weighted by molar-refractivity contribution is -0.258. The smallest absolute Gasteiger partial charge is 0.249 e. The number of nitrogens with zero attached hydrogens (tertiary/aromatic N) is 1. The topological polar surface area (TPSA) is 137 Å². The van der Waals surface area contributed by atoms with E-state index in [1.165, 1.54) is 12.1 Å². The van der Waals surface area contributed by atoms with E-state index in [1.54, 1.807) is 24.0 Å². The second kappa shape index (κ2) is 11.8. The van der Waals surface area contributed by atoms with Crippen LogP contribution in [-0.2, 0) is 23.9 Å². The van der Waals surface area contributed by atoms with Crippen molar-refractivity contribution in [3.05, 3.63) is 29.8 Å². The van der Waals surface area contributed by atoms with Crippen LogP contribution in [0, 0.1) is 11.3 Å². The number of phenols is 1. The highest BCUT2D eigenvalue weighted by Gasteiger charge is 2.43. The number of likely N-dealkylation sites (tertiary alicyclic amines) is 1. The molecule has 3 rings (SSSR count). The van der Waals surface area contributed by atoms with Gasteiger partial charge in [0.05, 0.1) is 6.61 Å². The molecule has 2 unspecified atom stereocenters. The molecule has 194 valence electrons. The SMILES string of the molecule is CC(=O)N1CCC(CNC(=O)C(O)CCNC(=O)[C@@H]2OC(c3ccc(O)cc3)OCC2(C)C)CC1. The van der Waals surface area contributed by atoms with Gasteiger partial charge < -0.3 is 35.2 Å². The Balaban J connectivity index is 1.41. The third-order valence-electron chi connectivity index (χ3n) is 6.62. The van der Waals surface area contributed by atoms with Crippen LogP contribution in [0.15, 0.2) is 24.3 Å². The zero-order chi connectivity index (χ0) is 25.6. The summed E-state index contributed by atoms with van der Waals surface area (Å²) >= 11 is 0. The van der Waals surface area contributed by atoms with Crippen molar-refractivity contribution in [3.8, 4) is 5.75 Å². The van der Waals surface area contributed by atoms with Crippen LogP contribution in [-0.4, -0.2) is 77.8 Å². The molecule has 0 aliphatic carbocycles. The molecule has 2 aliphatic rings. The van der Waals surface area contributed by atoms with Crippen LogP contribution < -0.4 is 10.6 Å². The van der Waals surface area contributed by atoms with E-state index in [2.05, 4.69) is 10.6 Å². The molecule has 2 saturated heterocycles. The number of hydrogen-bond acceptors (Lipinski definition) is 7. The van der Waals surface area contributed by atoms with Crippen LogP contribution in [0.4, 0.5) is 0 Å². The number of aromatic hydroxyl groups is 1. The summed E-state index contributed by atoms with van der Waals surface area (Å²) in [6, 6.07) is 6.40. The second-order valence-corrected chi connectivity index (χ2v) is 10.0. The summed E-state index contributed by atoms with van der Waals surface area (Å²) in [4.78, 5) is 38.3. The Kier molecular flexibility index (Phi) is 9.09. The lowest BCUT2D eigenvalue weighted by atomic mass is 9.85. The maximum absolute atomic E-state index is 12.9. The summed E-state index contributed by atoms with van der Waals surface area (Å²) in [5.41, 5.74) is 0.112. The molecule has 3 atom stereocenters. The number of nitrogens with one attached hydrogen (secondary N) is 2. The Bertz CT molecular complexity index is 882. The predicted molar refractivity (Wildman–Crippen MR) is 127 cm³/mol. The first kappa shape index (κ1) is 26.9. The first-order chi connectivity index (χ1) is 16.6. The summed E-state index contributed by atoms with van der Waals surface area (Å²) in [6.45, 7) is 7.53. The molecule has 0 bridgehead atoms. The van der Waals surface area contributed by atoms with Gasteiger partial charge in [-0.1, -0.05) is 26.0 Å². The molecule has 35 heavy (non-hydrogen) atoms. The summed E-state index contributed by atoms with van der Waals surface area (Å²) in [7, 11) is 0. The third kappa shape index (κ3) is 7.39. The lowest BCUT2D eigenvalue weighted by Gasteiger charge is -2.41. The average Bonchev–Trinajstić information content (AvgIpc) is 2.83. The molecule has 10 heteroatoms. The van der Waals surface area contributed by atoms with Gasteiger partial charge in [0.15, 0.2) is 6.29 Å². The number of aliphatic hydroxyl groups excluding tert-OH is 1. The van der Waals surface area contributed by atoms with Gasteiger partial charge in [-0.2, -0.15) is 0 Å². The fourth-order valence-corrected chi connectivity index (χ4v) is 4.31. The van der Waals surface area contributed by atoms with Crippen molar-refractivity contribution in [2.75, 3.05) is 32.8 Å². The maximum Gasteiger partial charge on any atom is 0.249 e. The van der Waals surface area contributed by atoms with Gasteiger partial charge in [0.25, 0.3) is 0 Å². The minimum absolute atomic E-state index is 0.0652. The standard InChI is InChI=1S/C25H37N3O7/c1-16(29)28-12-9-17(10-13-28)14-27-22(32)20(31)8-11-26-23(33)21-25(2,3)15-34-24(35-21)18-4-6-19(30)7-5-18/h4-7,17,20-21,24,30-31H,8-15H2,1-3H3,(H,26,33)(H,27,32)/t20?,21-,24?/m0/s1. The number of amides is 3. The fourth-order valence-electron chi connectivity index (χ4n) is 4.31. The van der Waals surface area contributed by atoms with E-state index in [9.17, 15) is 24.6 Å². The highest BCUT2D eigenvalue weighted by molar-refractivity contribution is 5.82. The zero-order valence-corrected chi connectivity index (χ0v) is 20.7. The van der Waals surface area contributed by atoms with Crippen LogP contribution in [0.3, 0.4) is 0 Å². The van der Waals surface area contributed by atoms with Crippen LogP contribution in [0.1, 0.15) is 51.9 Å². The monoisotopic (exact) mass is 491 g/mol. The molecule has 3 amide bonds. The number of carbonyl (C=O) groups excluding carboxylic acids is 3. The van der Waals surface area contributed by atoms with Crippen LogP contribution in [0.25, 0.3) is 0 Å². The number of benzene rings is 1. The van der Waals surface area contributed by atoms with Crippen molar-refractivity contribution in [1.29, 1.82) is 0 Å².